The second-order valence-corrected chi connectivity index (χ2v) is 9.16. The van der Waals surface area contributed by atoms with Crippen LogP contribution >= 0.6 is 0 Å². The second-order valence-electron chi connectivity index (χ2n) is 9.16. The number of para-hydroxylation sites is 1. The quantitative estimate of drug-likeness (QED) is 0.308. The maximum Gasteiger partial charge on any atom is 0.323 e. The van der Waals surface area contributed by atoms with E-state index in [1.807, 2.05) is 37.3 Å². The van der Waals surface area contributed by atoms with E-state index in [9.17, 15) is 14.4 Å². The summed E-state index contributed by atoms with van der Waals surface area (Å²) in [7, 11) is 0. The van der Waals surface area contributed by atoms with E-state index in [2.05, 4.69) is 34.9 Å². The van der Waals surface area contributed by atoms with Crippen LogP contribution in [0.25, 0.3) is 0 Å². The van der Waals surface area contributed by atoms with Crippen molar-refractivity contribution in [1.29, 1.82) is 0 Å². The highest BCUT2D eigenvalue weighted by atomic mass is 16.4. The summed E-state index contributed by atoms with van der Waals surface area (Å²) in [6, 6.07) is 15.9. The molecule has 3 rings (SSSR count). The number of aryl methyl sites for hydroxylation is 2. The van der Waals surface area contributed by atoms with Crippen LogP contribution in [0, 0.1) is 12.8 Å². The summed E-state index contributed by atoms with van der Waals surface area (Å²) in [4.78, 5) is 35.9. The van der Waals surface area contributed by atoms with E-state index in [0.29, 0.717) is 23.7 Å². The summed E-state index contributed by atoms with van der Waals surface area (Å²) in [6.45, 7) is 6.34. The first-order valence-corrected chi connectivity index (χ1v) is 12.0. The number of carboxylic acids is 1. The Morgan fingerprint density at radius 1 is 1.00 bits per heavy atom. The van der Waals surface area contributed by atoms with Crippen molar-refractivity contribution in [1.82, 2.24) is 15.1 Å². The number of hydrogen-bond donors (Lipinski definition) is 4. The fourth-order valence-corrected chi connectivity index (χ4v) is 3.76. The molecule has 0 spiro atoms. The van der Waals surface area contributed by atoms with Crippen LogP contribution in [0.2, 0.25) is 0 Å². The number of rotatable bonds is 11. The maximum atomic E-state index is 12.8. The van der Waals surface area contributed by atoms with Crippen LogP contribution in [0.3, 0.4) is 0 Å². The normalized spacial score (nSPS) is 11.7. The van der Waals surface area contributed by atoms with Crippen LogP contribution in [0.5, 0.6) is 0 Å². The largest absolute Gasteiger partial charge is 0.481 e. The zero-order valence-electron chi connectivity index (χ0n) is 20.8. The molecule has 3 amide bonds. The fourth-order valence-electron chi connectivity index (χ4n) is 3.76. The van der Waals surface area contributed by atoms with E-state index in [-0.39, 0.29) is 37.4 Å². The van der Waals surface area contributed by atoms with E-state index in [4.69, 9.17) is 5.11 Å². The molecule has 0 bridgehead atoms. The Labute approximate surface area is 210 Å². The first-order valence-electron chi connectivity index (χ1n) is 12.0. The lowest BCUT2D eigenvalue weighted by atomic mass is 10.0. The van der Waals surface area contributed by atoms with Gasteiger partial charge in [0.1, 0.15) is 0 Å². The lowest BCUT2D eigenvalue weighted by molar-refractivity contribution is -0.137. The summed E-state index contributed by atoms with van der Waals surface area (Å²) in [5, 5.41) is 22.0. The molecule has 3 aromatic rings. The third-order valence-electron chi connectivity index (χ3n) is 5.59. The third-order valence-corrected chi connectivity index (χ3v) is 5.59. The number of benzene rings is 2. The molecule has 0 saturated heterocycles. The van der Waals surface area contributed by atoms with E-state index in [0.717, 1.165) is 16.8 Å². The molecule has 190 valence electrons. The van der Waals surface area contributed by atoms with E-state index >= 15 is 0 Å². The fraction of sp³-hybridized carbons (Fsp3) is 0.333. The Balaban J connectivity index is 1.56. The van der Waals surface area contributed by atoms with Crippen molar-refractivity contribution < 1.29 is 19.5 Å². The van der Waals surface area contributed by atoms with Crippen LogP contribution in [-0.4, -0.2) is 32.8 Å². The van der Waals surface area contributed by atoms with Crippen molar-refractivity contribution in [2.24, 2.45) is 5.92 Å². The molecule has 2 aromatic carbocycles. The lowest BCUT2D eigenvalue weighted by Crippen LogP contribution is -2.31. The number of aliphatic carboxylic acids is 1. The Hall–Kier alpha value is -4.14. The summed E-state index contributed by atoms with van der Waals surface area (Å²) in [6.07, 6.45) is 2.62. The zero-order valence-corrected chi connectivity index (χ0v) is 20.8. The molecule has 0 fully saturated rings. The van der Waals surface area contributed by atoms with Crippen LogP contribution < -0.4 is 16.0 Å². The highest BCUT2D eigenvalue weighted by molar-refractivity contribution is 6.00. The van der Waals surface area contributed by atoms with Crippen molar-refractivity contribution >= 4 is 29.3 Å². The van der Waals surface area contributed by atoms with Gasteiger partial charge in [-0.1, -0.05) is 44.2 Å². The Morgan fingerprint density at radius 2 is 1.72 bits per heavy atom. The molecule has 0 aliphatic rings. The summed E-state index contributed by atoms with van der Waals surface area (Å²) in [5.41, 5.74) is 3.85. The van der Waals surface area contributed by atoms with Crippen molar-refractivity contribution in [3.8, 4) is 0 Å². The number of anilines is 2. The molecule has 0 radical (unpaired) electrons. The van der Waals surface area contributed by atoms with Gasteiger partial charge in [-0.05, 0) is 54.7 Å². The van der Waals surface area contributed by atoms with Crippen molar-refractivity contribution in [2.75, 3.05) is 10.6 Å². The van der Waals surface area contributed by atoms with E-state index < -0.39 is 5.97 Å². The van der Waals surface area contributed by atoms with Crippen LogP contribution in [0.15, 0.2) is 60.8 Å². The van der Waals surface area contributed by atoms with Gasteiger partial charge in [0.2, 0.25) is 5.91 Å². The minimum Gasteiger partial charge on any atom is -0.481 e. The number of nitrogens with one attached hydrogen (secondary N) is 3. The van der Waals surface area contributed by atoms with Crippen molar-refractivity contribution in [3.05, 3.63) is 77.6 Å². The number of nitrogens with zero attached hydrogens (tertiary/aromatic N) is 2. The molecule has 4 N–H and O–H groups in total. The predicted molar refractivity (Wildman–Crippen MR) is 139 cm³/mol. The molecular formula is C27H33N5O4. The number of carbonyl (C=O) groups excluding carboxylic acids is 2. The topological polar surface area (TPSA) is 125 Å². The van der Waals surface area contributed by atoms with Crippen LogP contribution in [-0.2, 0) is 22.6 Å². The molecule has 0 aliphatic heterocycles. The molecule has 0 saturated carbocycles. The molecule has 0 aliphatic carbocycles. The molecule has 36 heavy (non-hydrogen) atoms. The first kappa shape index (κ1) is 26.5. The minimum atomic E-state index is -0.882. The lowest BCUT2D eigenvalue weighted by Gasteiger charge is -2.19. The van der Waals surface area contributed by atoms with Crippen LogP contribution in [0.1, 0.15) is 49.6 Å². The monoisotopic (exact) mass is 491 g/mol. The Bertz CT molecular complexity index is 1190. The second kappa shape index (κ2) is 12.5. The summed E-state index contributed by atoms with van der Waals surface area (Å²) in [5.74, 6) is -0.693. The van der Waals surface area contributed by atoms with Crippen molar-refractivity contribution in [2.45, 2.75) is 52.6 Å². The smallest absolute Gasteiger partial charge is 0.323 e. The van der Waals surface area contributed by atoms with E-state index in [1.165, 1.54) is 0 Å². The number of aromatic nitrogens is 2. The number of amides is 3. The van der Waals surface area contributed by atoms with Gasteiger partial charge in [0, 0.05) is 17.6 Å². The van der Waals surface area contributed by atoms with Gasteiger partial charge >= 0.3 is 12.0 Å². The van der Waals surface area contributed by atoms with Crippen LogP contribution in [0.4, 0.5) is 16.2 Å². The third kappa shape index (κ3) is 8.26. The van der Waals surface area contributed by atoms with Gasteiger partial charge in [-0.3, -0.25) is 14.3 Å². The minimum absolute atomic E-state index is 0.0132. The molecular weight excluding hydrogens is 458 g/mol. The molecule has 1 heterocycles. The average molecular weight is 492 g/mol. The Kier molecular flexibility index (Phi) is 9.21. The molecule has 1 unspecified atom stereocenters. The predicted octanol–water partition coefficient (Wildman–Crippen LogP) is 4.76. The van der Waals surface area contributed by atoms with Gasteiger partial charge in [0.15, 0.2) is 0 Å². The molecule has 9 nitrogen and oxygen atoms in total. The number of carbonyl (C=O) groups is 3. The summed E-state index contributed by atoms with van der Waals surface area (Å²) < 4.78 is 1.59. The zero-order chi connectivity index (χ0) is 26.1. The first-order chi connectivity index (χ1) is 17.2. The number of carboxylic acid groups (broad SMARTS) is 1. The standard InChI is InChI=1S/C27H33N5O4/c1-18(2)16-24(23-12-14-32(31-23)15-13-26(34)35)29-25(33)17-20-8-10-21(11-9-20)28-27(36)30-22-7-5-4-6-19(22)3/h4-12,14,18,24H,13,15-17H2,1-3H3,(H,29,33)(H,34,35)(H2,28,30,36). The highest BCUT2D eigenvalue weighted by Gasteiger charge is 2.19. The van der Waals surface area contributed by atoms with Gasteiger partial charge in [-0.15, -0.1) is 0 Å². The SMILES string of the molecule is Cc1ccccc1NC(=O)Nc1ccc(CC(=O)NC(CC(C)C)c2ccn(CCC(=O)O)n2)cc1. The van der Waals surface area contributed by atoms with Gasteiger partial charge in [0.25, 0.3) is 0 Å². The van der Waals surface area contributed by atoms with Gasteiger partial charge < -0.3 is 21.1 Å². The Morgan fingerprint density at radius 3 is 2.39 bits per heavy atom. The molecule has 1 atom stereocenters. The number of hydrogen-bond acceptors (Lipinski definition) is 4. The maximum absolute atomic E-state index is 12.8. The average Bonchev–Trinajstić information content (AvgIpc) is 3.29. The van der Waals surface area contributed by atoms with Gasteiger partial charge in [-0.2, -0.15) is 5.10 Å². The number of urea groups is 1. The van der Waals surface area contributed by atoms with Crippen molar-refractivity contribution in [3.63, 3.8) is 0 Å². The molecule has 9 heteroatoms. The molecule has 1 aromatic heterocycles. The highest BCUT2D eigenvalue weighted by Crippen LogP contribution is 2.21. The van der Waals surface area contributed by atoms with Gasteiger partial charge in [-0.25, -0.2) is 4.79 Å². The van der Waals surface area contributed by atoms with Gasteiger partial charge in [0.05, 0.1) is 31.1 Å². The summed E-state index contributed by atoms with van der Waals surface area (Å²) >= 11 is 0. The van der Waals surface area contributed by atoms with E-state index in [1.54, 1.807) is 35.1 Å².